The Morgan fingerprint density at radius 1 is 1.46 bits per heavy atom. The van der Waals surface area contributed by atoms with Gasteiger partial charge < -0.3 is 15.5 Å². The maximum absolute atomic E-state index is 4.39. The van der Waals surface area contributed by atoms with Crippen LogP contribution in [-0.4, -0.2) is 78.9 Å². The summed E-state index contributed by atoms with van der Waals surface area (Å²) < 4.78 is 1.84. The van der Waals surface area contributed by atoms with Gasteiger partial charge in [-0.15, -0.1) is 30.6 Å². The van der Waals surface area contributed by atoms with Crippen LogP contribution in [0, 0.1) is 0 Å². The summed E-state index contributed by atoms with van der Waals surface area (Å²) in [5, 5.41) is 11.3. The van der Waals surface area contributed by atoms with Gasteiger partial charge in [-0.1, -0.05) is 6.08 Å². The second-order valence-corrected chi connectivity index (χ2v) is 6.89. The lowest BCUT2D eigenvalue weighted by Crippen LogP contribution is -2.49. The first-order valence-electron chi connectivity index (χ1n) is 8.99. The number of nitrogens with zero attached hydrogens (tertiary/aromatic N) is 5. The SMILES string of the molecule is C=CCN1CCC(NC(=NC)NCC(c2cnn(C)c2)N(C)C)CC1.I. The minimum Gasteiger partial charge on any atom is -0.354 e. The number of piperidine rings is 1. The molecule has 0 saturated carbocycles. The van der Waals surface area contributed by atoms with Crippen LogP contribution in [0.5, 0.6) is 0 Å². The molecular weight excluding hydrogens is 441 g/mol. The molecule has 2 heterocycles. The summed E-state index contributed by atoms with van der Waals surface area (Å²) in [6.07, 6.45) is 8.24. The number of likely N-dealkylation sites (tertiary alicyclic amines) is 1. The van der Waals surface area contributed by atoms with E-state index in [1.807, 2.05) is 31.1 Å². The van der Waals surface area contributed by atoms with E-state index in [0.717, 1.165) is 45.0 Å². The molecule has 148 valence electrons. The zero-order valence-electron chi connectivity index (χ0n) is 16.5. The second kappa shape index (κ2) is 11.6. The number of likely N-dealkylation sites (N-methyl/N-ethyl adjacent to an activating group) is 1. The molecule has 1 aromatic rings. The van der Waals surface area contributed by atoms with E-state index >= 15 is 0 Å². The number of nitrogens with one attached hydrogen (secondary N) is 2. The number of aromatic nitrogens is 2. The van der Waals surface area contributed by atoms with Crippen molar-refractivity contribution in [2.75, 3.05) is 47.3 Å². The molecule has 7 nitrogen and oxygen atoms in total. The predicted octanol–water partition coefficient (Wildman–Crippen LogP) is 1.46. The molecule has 1 aromatic heterocycles. The first kappa shape index (κ1) is 22.9. The highest BCUT2D eigenvalue weighted by molar-refractivity contribution is 14.0. The Kier molecular flexibility index (Phi) is 10.2. The Bertz CT molecular complexity index is 562. The van der Waals surface area contributed by atoms with E-state index in [-0.39, 0.29) is 30.0 Å². The second-order valence-electron chi connectivity index (χ2n) is 6.89. The Labute approximate surface area is 174 Å². The van der Waals surface area contributed by atoms with Gasteiger partial charge in [0.25, 0.3) is 0 Å². The molecule has 26 heavy (non-hydrogen) atoms. The van der Waals surface area contributed by atoms with Gasteiger partial charge in [-0.05, 0) is 26.9 Å². The number of rotatable bonds is 7. The Balaban J connectivity index is 0.00000338. The summed E-state index contributed by atoms with van der Waals surface area (Å²) in [4.78, 5) is 9.03. The number of halogens is 1. The molecule has 0 aliphatic carbocycles. The Hall–Kier alpha value is -1.13. The summed E-state index contributed by atoms with van der Waals surface area (Å²) >= 11 is 0. The monoisotopic (exact) mass is 475 g/mol. The van der Waals surface area contributed by atoms with Gasteiger partial charge in [-0.25, -0.2) is 0 Å². The fourth-order valence-electron chi connectivity index (χ4n) is 3.23. The lowest BCUT2D eigenvalue weighted by Gasteiger charge is -2.32. The topological polar surface area (TPSA) is 60.7 Å². The summed E-state index contributed by atoms with van der Waals surface area (Å²) in [6, 6.07) is 0.727. The first-order valence-corrected chi connectivity index (χ1v) is 8.99. The minimum absolute atomic E-state index is 0. The van der Waals surface area contributed by atoms with Crippen LogP contribution in [0.4, 0.5) is 0 Å². The first-order chi connectivity index (χ1) is 12.0. The van der Waals surface area contributed by atoms with Crippen LogP contribution in [0.3, 0.4) is 0 Å². The number of hydrogen-bond acceptors (Lipinski definition) is 4. The van der Waals surface area contributed by atoms with Gasteiger partial charge in [0.05, 0.1) is 12.2 Å². The van der Waals surface area contributed by atoms with E-state index < -0.39 is 0 Å². The van der Waals surface area contributed by atoms with E-state index in [0.29, 0.717) is 6.04 Å². The predicted molar refractivity (Wildman–Crippen MR) is 119 cm³/mol. The highest BCUT2D eigenvalue weighted by Crippen LogP contribution is 2.16. The van der Waals surface area contributed by atoms with Crippen molar-refractivity contribution in [3.63, 3.8) is 0 Å². The van der Waals surface area contributed by atoms with Gasteiger partial charge in [0.15, 0.2) is 5.96 Å². The third-order valence-electron chi connectivity index (χ3n) is 4.74. The molecule has 1 unspecified atom stereocenters. The van der Waals surface area contributed by atoms with Crippen molar-refractivity contribution in [3.05, 3.63) is 30.6 Å². The molecule has 8 heteroatoms. The van der Waals surface area contributed by atoms with E-state index in [1.54, 1.807) is 0 Å². The fourth-order valence-corrected chi connectivity index (χ4v) is 3.23. The quantitative estimate of drug-likeness (QED) is 0.271. The molecule has 1 aliphatic heterocycles. The molecule has 2 N–H and O–H groups in total. The zero-order chi connectivity index (χ0) is 18.2. The normalized spacial score (nSPS) is 17.7. The maximum Gasteiger partial charge on any atom is 0.191 e. The van der Waals surface area contributed by atoms with Crippen LogP contribution in [0.2, 0.25) is 0 Å². The maximum atomic E-state index is 4.39. The molecule has 1 saturated heterocycles. The van der Waals surface area contributed by atoms with E-state index in [9.17, 15) is 0 Å². The average Bonchev–Trinajstić information content (AvgIpc) is 3.01. The summed E-state index contributed by atoms with van der Waals surface area (Å²) in [6.45, 7) is 7.80. The summed E-state index contributed by atoms with van der Waals surface area (Å²) in [7, 11) is 7.95. The molecule has 2 rings (SSSR count). The number of aryl methyl sites for hydroxylation is 1. The van der Waals surface area contributed by atoms with Gasteiger partial charge in [-0.3, -0.25) is 14.6 Å². The lowest BCUT2D eigenvalue weighted by atomic mass is 10.1. The van der Waals surface area contributed by atoms with Gasteiger partial charge >= 0.3 is 0 Å². The van der Waals surface area contributed by atoms with Crippen molar-refractivity contribution in [2.45, 2.75) is 24.9 Å². The smallest absolute Gasteiger partial charge is 0.191 e. The summed E-state index contributed by atoms with van der Waals surface area (Å²) in [5.41, 5.74) is 1.20. The van der Waals surface area contributed by atoms with Crippen LogP contribution < -0.4 is 10.6 Å². The molecule has 0 bridgehead atoms. The molecular formula is C18H34IN7. The molecule has 1 aliphatic rings. The molecule has 0 amide bonds. The molecule has 1 atom stereocenters. The van der Waals surface area contributed by atoms with Crippen LogP contribution in [0.1, 0.15) is 24.4 Å². The van der Waals surface area contributed by atoms with Crippen LogP contribution in [-0.2, 0) is 7.05 Å². The Morgan fingerprint density at radius 2 is 2.15 bits per heavy atom. The van der Waals surface area contributed by atoms with Crippen LogP contribution in [0.25, 0.3) is 0 Å². The van der Waals surface area contributed by atoms with E-state index in [4.69, 9.17) is 0 Å². The lowest BCUT2D eigenvalue weighted by molar-refractivity contribution is 0.224. The van der Waals surface area contributed by atoms with E-state index in [1.165, 1.54) is 5.56 Å². The van der Waals surface area contributed by atoms with Gasteiger partial charge in [-0.2, -0.15) is 5.10 Å². The van der Waals surface area contributed by atoms with Crippen molar-refractivity contribution in [1.82, 2.24) is 30.2 Å². The average molecular weight is 475 g/mol. The molecule has 0 aromatic carbocycles. The Morgan fingerprint density at radius 3 is 2.65 bits per heavy atom. The van der Waals surface area contributed by atoms with Crippen molar-refractivity contribution in [2.24, 2.45) is 12.0 Å². The van der Waals surface area contributed by atoms with Gasteiger partial charge in [0.1, 0.15) is 0 Å². The van der Waals surface area contributed by atoms with Crippen molar-refractivity contribution in [1.29, 1.82) is 0 Å². The van der Waals surface area contributed by atoms with Gasteiger partial charge in [0, 0.05) is 58.1 Å². The minimum atomic E-state index is 0. The van der Waals surface area contributed by atoms with Crippen molar-refractivity contribution < 1.29 is 0 Å². The largest absolute Gasteiger partial charge is 0.354 e. The number of hydrogen-bond donors (Lipinski definition) is 2. The van der Waals surface area contributed by atoms with Crippen molar-refractivity contribution in [3.8, 4) is 0 Å². The third-order valence-corrected chi connectivity index (χ3v) is 4.74. The summed E-state index contributed by atoms with van der Waals surface area (Å²) in [5.74, 6) is 0.873. The van der Waals surface area contributed by atoms with Crippen molar-refractivity contribution >= 4 is 29.9 Å². The van der Waals surface area contributed by atoms with E-state index in [2.05, 4.69) is 57.4 Å². The fraction of sp³-hybridized carbons (Fsp3) is 0.667. The molecule has 0 radical (unpaired) electrons. The molecule has 0 spiro atoms. The van der Waals surface area contributed by atoms with Gasteiger partial charge in [0.2, 0.25) is 0 Å². The standard InChI is InChI=1S/C18H33N7.HI/c1-6-9-25-10-7-16(8-11-25)22-18(19-2)20-13-17(23(3)4)15-12-21-24(5)14-15;/h6,12,14,16-17H,1,7-11,13H2,2-5H3,(H2,19,20,22);1H. The zero-order valence-corrected chi connectivity index (χ0v) is 18.8. The number of guanidine groups is 1. The highest BCUT2D eigenvalue weighted by Gasteiger charge is 2.20. The van der Waals surface area contributed by atoms with Crippen LogP contribution in [0.15, 0.2) is 30.0 Å². The van der Waals surface area contributed by atoms with Crippen LogP contribution >= 0.6 is 24.0 Å². The third kappa shape index (κ3) is 6.88. The number of aliphatic imine (C=N–C) groups is 1. The molecule has 1 fully saturated rings. The highest BCUT2D eigenvalue weighted by atomic mass is 127.